The van der Waals surface area contributed by atoms with Gasteiger partial charge < -0.3 is 0 Å². The van der Waals surface area contributed by atoms with Crippen LogP contribution in [-0.2, 0) is 18.0 Å². The molecule has 0 heterocycles. The molecule has 2 aromatic rings. The van der Waals surface area contributed by atoms with Crippen LogP contribution in [0.5, 0.6) is 0 Å². The summed E-state index contributed by atoms with van der Waals surface area (Å²) in [5.41, 5.74) is 0.613. The van der Waals surface area contributed by atoms with Crippen LogP contribution in [0, 0.1) is 7.14 Å². The van der Waals surface area contributed by atoms with Crippen molar-refractivity contribution in [1.29, 1.82) is 0 Å². The first-order valence-corrected chi connectivity index (χ1v) is 12.9. The fourth-order valence-corrected chi connectivity index (χ4v) is 9.20. The van der Waals surface area contributed by atoms with Gasteiger partial charge in [0.25, 0.3) is 0 Å². The molecule has 0 aliphatic rings. The molecular weight excluding hydrogens is 549 g/mol. The van der Waals surface area contributed by atoms with Gasteiger partial charge in [0, 0.05) is 0 Å². The summed E-state index contributed by atoms with van der Waals surface area (Å²) in [5.74, 6) is 0. The van der Waals surface area contributed by atoms with E-state index in [1.54, 1.807) is 18.2 Å². The Morgan fingerprint density at radius 2 is 1.30 bits per heavy atom. The molecule has 0 aromatic heterocycles. The Hall–Kier alpha value is -1.34. The molecule has 3 nitrogen and oxygen atoms in total. The van der Waals surface area contributed by atoms with E-state index in [2.05, 4.69) is 2.51 Å². The summed E-state index contributed by atoms with van der Waals surface area (Å²) in [6.45, 7) is 5.78. The molecule has 0 radical (unpaired) electrons. The van der Waals surface area contributed by atoms with Gasteiger partial charge in [-0.15, -0.1) is 0 Å². The van der Waals surface area contributed by atoms with Gasteiger partial charge in [-0.1, -0.05) is 0 Å². The zero-order chi connectivity index (χ0) is 23.0. The van der Waals surface area contributed by atoms with Crippen molar-refractivity contribution in [2.75, 3.05) is 0 Å². The number of rotatable bonds is 6. The first-order valence-electron chi connectivity index (χ1n) is 8.46. The van der Waals surface area contributed by atoms with Gasteiger partial charge in [-0.3, -0.25) is 0 Å². The normalized spacial score (nSPS) is 15.0. The molecular formula is C19H19F6IO3S. The number of hydrogen-bond acceptors (Lipinski definition) is 3. The Morgan fingerprint density at radius 3 is 1.73 bits per heavy atom. The van der Waals surface area contributed by atoms with E-state index < -0.39 is 48.0 Å². The Balaban J connectivity index is 2.50. The summed E-state index contributed by atoms with van der Waals surface area (Å²) >= 11 is -3.67. The van der Waals surface area contributed by atoms with Crippen molar-refractivity contribution >= 4 is 30.4 Å². The first-order chi connectivity index (χ1) is 13.6. The van der Waals surface area contributed by atoms with Crippen molar-refractivity contribution in [3.05, 3.63) is 67.3 Å². The second-order valence-corrected chi connectivity index (χ2v) is 13.9. The van der Waals surface area contributed by atoms with E-state index in [0.717, 1.165) is 5.56 Å². The maximum absolute atomic E-state index is 13.9. The Kier molecular flexibility index (Phi) is 7.19. The summed E-state index contributed by atoms with van der Waals surface area (Å²) in [4.78, 5) is 0. The molecule has 0 aliphatic heterocycles. The third-order valence-electron chi connectivity index (χ3n) is 3.90. The predicted molar refractivity (Wildman–Crippen MR) is 109 cm³/mol. The van der Waals surface area contributed by atoms with Gasteiger partial charge in [0.05, 0.1) is 0 Å². The van der Waals surface area contributed by atoms with Crippen LogP contribution in [-0.4, -0.2) is 26.0 Å². The van der Waals surface area contributed by atoms with Crippen LogP contribution in [0.3, 0.4) is 0 Å². The molecule has 0 saturated carbocycles. The van der Waals surface area contributed by atoms with Crippen LogP contribution in [0.2, 0.25) is 0 Å². The quantitative estimate of drug-likeness (QED) is 0.304. The van der Waals surface area contributed by atoms with E-state index in [1.165, 1.54) is 36.4 Å². The molecule has 1 atom stereocenters. The van der Waals surface area contributed by atoms with E-state index in [0.29, 0.717) is 0 Å². The van der Waals surface area contributed by atoms with E-state index in [1.807, 2.05) is 20.8 Å². The van der Waals surface area contributed by atoms with Crippen molar-refractivity contribution in [1.82, 2.24) is 0 Å². The van der Waals surface area contributed by atoms with Crippen molar-refractivity contribution in [3.8, 4) is 0 Å². The number of hydrogen-bond donors (Lipinski definition) is 0. The van der Waals surface area contributed by atoms with Crippen molar-refractivity contribution in [2.24, 2.45) is 0 Å². The fourth-order valence-electron chi connectivity index (χ4n) is 2.23. The summed E-state index contributed by atoms with van der Waals surface area (Å²) in [6.07, 6.45) is -11.0. The summed E-state index contributed by atoms with van der Waals surface area (Å²) in [7, 11) is -6.23. The van der Waals surface area contributed by atoms with E-state index in [9.17, 15) is 34.8 Å². The standard InChI is InChI=1S/C19H19F6IO3S/c1-17(2,3)13-9-11-15(12-10-13)26(14-7-5-4-6-8-14)29-30(27,28)19(24,25)16(20)18(21,22)23/h4-12,16H,1-3H3. The average molecular weight is 568 g/mol. The van der Waals surface area contributed by atoms with Gasteiger partial charge in [0.15, 0.2) is 0 Å². The molecule has 11 heteroatoms. The van der Waals surface area contributed by atoms with Crippen LogP contribution in [0.1, 0.15) is 26.3 Å². The Labute approximate surface area is 178 Å². The molecule has 0 amide bonds. The van der Waals surface area contributed by atoms with Gasteiger partial charge >= 0.3 is 179 Å². The summed E-state index contributed by atoms with van der Waals surface area (Å²) in [5, 5.41) is -5.79. The van der Waals surface area contributed by atoms with Crippen LogP contribution >= 0.6 is 20.2 Å². The number of halogens is 7. The molecule has 0 fully saturated rings. The van der Waals surface area contributed by atoms with Gasteiger partial charge in [0.1, 0.15) is 0 Å². The third kappa shape index (κ3) is 5.47. The average Bonchev–Trinajstić information content (AvgIpc) is 2.64. The molecule has 2 aromatic carbocycles. The minimum absolute atomic E-state index is 0.243. The molecule has 168 valence electrons. The Morgan fingerprint density at radius 1 is 0.833 bits per heavy atom. The number of benzene rings is 2. The molecule has 30 heavy (non-hydrogen) atoms. The summed E-state index contributed by atoms with van der Waals surface area (Å²) in [6, 6.07) is 13.7. The SMILES string of the molecule is CC(C)(C)c1ccc(I(OS(=O)(=O)C(F)(F)C(F)C(F)(F)F)c2ccccc2)cc1. The van der Waals surface area contributed by atoms with Gasteiger partial charge in [-0.05, 0) is 0 Å². The summed E-state index contributed by atoms with van der Waals surface area (Å²) < 4.78 is 108. The molecule has 1 unspecified atom stereocenters. The monoisotopic (exact) mass is 568 g/mol. The van der Waals surface area contributed by atoms with Crippen LogP contribution in [0.15, 0.2) is 54.6 Å². The molecule has 2 rings (SSSR count). The van der Waals surface area contributed by atoms with E-state index in [-0.39, 0.29) is 12.6 Å². The van der Waals surface area contributed by atoms with Gasteiger partial charge in [-0.2, -0.15) is 0 Å². The Bertz CT molecular complexity index is 955. The third-order valence-corrected chi connectivity index (χ3v) is 11.3. The second-order valence-electron chi connectivity index (χ2n) is 7.28. The van der Waals surface area contributed by atoms with Crippen LogP contribution in [0.4, 0.5) is 26.3 Å². The second kappa shape index (κ2) is 8.65. The molecule has 0 bridgehead atoms. The van der Waals surface area contributed by atoms with Gasteiger partial charge in [0.2, 0.25) is 0 Å². The van der Waals surface area contributed by atoms with E-state index >= 15 is 0 Å². The van der Waals surface area contributed by atoms with Crippen LogP contribution in [0.25, 0.3) is 0 Å². The van der Waals surface area contributed by atoms with Crippen molar-refractivity contribution < 1.29 is 37.3 Å². The molecule has 0 spiro atoms. The topological polar surface area (TPSA) is 43.4 Å². The molecule has 0 aliphatic carbocycles. The zero-order valence-electron chi connectivity index (χ0n) is 16.1. The molecule has 0 N–H and O–H groups in total. The maximum atomic E-state index is 13.9. The van der Waals surface area contributed by atoms with E-state index in [4.69, 9.17) is 0 Å². The van der Waals surface area contributed by atoms with Crippen molar-refractivity contribution in [3.63, 3.8) is 0 Å². The van der Waals surface area contributed by atoms with Gasteiger partial charge in [-0.25, -0.2) is 0 Å². The fraction of sp³-hybridized carbons (Fsp3) is 0.368. The first kappa shape index (κ1) is 24.9. The minimum atomic E-state index is -6.23. The predicted octanol–water partition coefficient (Wildman–Crippen LogP) is 6.28. The number of alkyl halides is 6. The van der Waals surface area contributed by atoms with Crippen molar-refractivity contribution in [2.45, 2.75) is 43.8 Å². The van der Waals surface area contributed by atoms with Crippen LogP contribution < -0.4 is 0 Å². The zero-order valence-corrected chi connectivity index (χ0v) is 19.0. The molecule has 0 saturated heterocycles.